The van der Waals surface area contributed by atoms with Gasteiger partial charge in [0.25, 0.3) is 5.91 Å². The van der Waals surface area contributed by atoms with E-state index >= 15 is 0 Å². The molecule has 2 aromatic heterocycles. The van der Waals surface area contributed by atoms with Crippen LogP contribution in [0.15, 0.2) is 36.8 Å². The van der Waals surface area contributed by atoms with Crippen molar-refractivity contribution < 1.29 is 9.59 Å². The monoisotopic (exact) mass is 229 g/mol. The van der Waals surface area contributed by atoms with Gasteiger partial charge < -0.3 is 10.3 Å². The van der Waals surface area contributed by atoms with Crippen LogP contribution in [-0.4, -0.2) is 21.7 Å². The molecule has 2 heterocycles. The van der Waals surface area contributed by atoms with Gasteiger partial charge in [0.15, 0.2) is 5.78 Å². The van der Waals surface area contributed by atoms with E-state index in [1.165, 1.54) is 19.2 Å². The number of aromatic nitrogens is 2. The van der Waals surface area contributed by atoms with E-state index in [2.05, 4.69) is 15.3 Å². The van der Waals surface area contributed by atoms with Crippen LogP contribution in [0.1, 0.15) is 27.8 Å². The van der Waals surface area contributed by atoms with E-state index in [1.54, 1.807) is 24.5 Å². The number of nitrogens with one attached hydrogen (secondary N) is 2. The van der Waals surface area contributed by atoms with Gasteiger partial charge in [0.05, 0.1) is 11.9 Å². The molecule has 0 aliphatic carbocycles. The van der Waals surface area contributed by atoms with Crippen molar-refractivity contribution in [1.29, 1.82) is 0 Å². The Kier molecular flexibility index (Phi) is 3.00. The van der Waals surface area contributed by atoms with Crippen molar-refractivity contribution in [3.05, 3.63) is 48.0 Å². The van der Waals surface area contributed by atoms with Gasteiger partial charge in [-0.1, -0.05) is 0 Å². The van der Waals surface area contributed by atoms with Crippen LogP contribution in [0.5, 0.6) is 0 Å². The Labute approximate surface area is 97.9 Å². The number of hydrogen-bond acceptors (Lipinski definition) is 3. The smallest absolute Gasteiger partial charge is 0.272 e. The number of H-pyrrole nitrogens is 1. The minimum Gasteiger partial charge on any atom is -0.356 e. The van der Waals surface area contributed by atoms with E-state index in [9.17, 15) is 9.59 Å². The standard InChI is InChI=1S/C12H11N3O2/c1-8(16)9-5-11(14-6-9)12(17)15-10-3-2-4-13-7-10/h2-7,14H,1H3,(H,15,17). The molecule has 17 heavy (non-hydrogen) atoms. The first-order valence-corrected chi connectivity index (χ1v) is 5.07. The van der Waals surface area contributed by atoms with Gasteiger partial charge in [0.1, 0.15) is 5.69 Å². The molecule has 1 amide bonds. The number of Topliss-reactive ketones (excluding diaryl/α,β-unsaturated/α-hetero) is 1. The molecule has 5 nitrogen and oxygen atoms in total. The van der Waals surface area contributed by atoms with Crippen molar-refractivity contribution in [3.8, 4) is 0 Å². The number of anilines is 1. The van der Waals surface area contributed by atoms with Crippen LogP contribution in [0.25, 0.3) is 0 Å². The molecule has 0 radical (unpaired) electrons. The van der Waals surface area contributed by atoms with Crippen molar-refractivity contribution in [3.63, 3.8) is 0 Å². The number of carbonyl (C=O) groups excluding carboxylic acids is 2. The molecule has 0 saturated heterocycles. The van der Waals surface area contributed by atoms with Crippen molar-refractivity contribution in [2.75, 3.05) is 5.32 Å². The van der Waals surface area contributed by atoms with Crippen molar-refractivity contribution in [1.82, 2.24) is 9.97 Å². The van der Waals surface area contributed by atoms with Gasteiger partial charge in [0, 0.05) is 18.0 Å². The summed E-state index contributed by atoms with van der Waals surface area (Å²) in [7, 11) is 0. The second-order valence-electron chi connectivity index (χ2n) is 3.55. The quantitative estimate of drug-likeness (QED) is 0.789. The third kappa shape index (κ3) is 2.57. The maximum absolute atomic E-state index is 11.8. The highest BCUT2D eigenvalue weighted by Gasteiger charge is 2.10. The molecule has 2 aromatic rings. The van der Waals surface area contributed by atoms with Gasteiger partial charge >= 0.3 is 0 Å². The molecule has 0 aliphatic heterocycles. The molecule has 0 fully saturated rings. The molecule has 0 aliphatic rings. The zero-order valence-electron chi connectivity index (χ0n) is 9.23. The highest BCUT2D eigenvalue weighted by Crippen LogP contribution is 2.08. The Balaban J connectivity index is 2.12. The summed E-state index contributed by atoms with van der Waals surface area (Å²) in [4.78, 5) is 29.5. The Morgan fingerprint density at radius 3 is 2.82 bits per heavy atom. The number of carbonyl (C=O) groups is 2. The van der Waals surface area contributed by atoms with Gasteiger partial charge in [-0.15, -0.1) is 0 Å². The van der Waals surface area contributed by atoms with E-state index in [0.29, 0.717) is 16.9 Å². The predicted octanol–water partition coefficient (Wildman–Crippen LogP) is 1.86. The Hall–Kier alpha value is -2.43. The Morgan fingerprint density at radius 2 is 2.24 bits per heavy atom. The van der Waals surface area contributed by atoms with Crippen LogP contribution < -0.4 is 5.32 Å². The summed E-state index contributed by atoms with van der Waals surface area (Å²) < 4.78 is 0. The van der Waals surface area contributed by atoms with Crippen LogP contribution in [-0.2, 0) is 0 Å². The Morgan fingerprint density at radius 1 is 1.41 bits per heavy atom. The summed E-state index contributed by atoms with van der Waals surface area (Å²) >= 11 is 0. The SMILES string of the molecule is CC(=O)c1c[nH]c(C(=O)Nc2cccnc2)c1. The van der Waals surface area contributed by atoms with Gasteiger partial charge in [-0.25, -0.2) is 0 Å². The molecule has 0 aromatic carbocycles. The molecule has 0 spiro atoms. The largest absolute Gasteiger partial charge is 0.356 e. The molecule has 0 saturated carbocycles. The number of rotatable bonds is 3. The van der Waals surface area contributed by atoms with E-state index < -0.39 is 0 Å². The molecule has 0 bridgehead atoms. The molecule has 2 N–H and O–H groups in total. The average molecular weight is 229 g/mol. The number of pyridine rings is 1. The van der Waals surface area contributed by atoms with Gasteiger partial charge in [0.2, 0.25) is 0 Å². The van der Waals surface area contributed by atoms with E-state index in [1.807, 2.05) is 0 Å². The van der Waals surface area contributed by atoms with Crippen molar-refractivity contribution in [2.24, 2.45) is 0 Å². The molecule has 0 atom stereocenters. The fourth-order valence-electron chi connectivity index (χ4n) is 1.36. The highest BCUT2D eigenvalue weighted by atomic mass is 16.2. The lowest BCUT2D eigenvalue weighted by atomic mass is 10.2. The first-order valence-electron chi connectivity index (χ1n) is 5.07. The normalized spacial score (nSPS) is 9.94. The van der Waals surface area contributed by atoms with E-state index in [4.69, 9.17) is 0 Å². The van der Waals surface area contributed by atoms with Gasteiger partial charge in [-0.3, -0.25) is 14.6 Å². The van der Waals surface area contributed by atoms with E-state index in [-0.39, 0.29) is 11.7 Å². The molecular formula is C12H11N3O2. The second-order valence-corrected chi connectivity index (χ2v) is 3.55. The summed E-state index contributed by atoms with van der Waals surface area (Å²) in [6, 6.07) is 4.99. The lowest BCUT2D eigenvalue weighted by molar-refractivity contribution is 0.101. The van der Waals surface area contributed by atoms with Crippen LogP contribution in [0, 0.1) is 0 Å². The van der Waals surface area contributed by atoms with Gasteiger partial charge in [-0.05, 0) is 25.1 Å². The van der Waals surface area contributed by atoms with Crippen LogP contribution in [0.3, 0.4) is 0 Å². The lowest BCUT2D eigenvalue weighted by Gasteiger charge is -2.01. The van der Waals surface area contributed by atoms with Crippen LogP contribution >= 0.6 is 0 Å². The maximum atomic E-state index is 11.8. The lowest BCUT2D eigenvalue weighted by Crippen LogP contribution is -2.12. The topological polar surface area (TPSA) is 74.8 Å². The zero-order valence-corrected chi connectivity index (χ0v) is 9.23. The summed E-state index contributed by atoms with van der Waals surface area (Å²) in [6.45, 7) is 1.45. The summed E-state index contributed by atoms with van der Waals surface area (Å²) in [5.74, 6) is -0.382. The Bertz CT molecular complexity index is 546. The average Bonchev–Trinajstić information content (AvgIpc) is 2.79. The molecule has 0 unspecified atom stereocenters. The first kappa shape index (κ1) is 11.1. The zero-order chi connectivity index (χ0) is 12.3. The maximum Gasteiger partial charge on any atom is 0.272 e. The minimum atomic E-state index is -0.300. The third-order valence-corrected chi connectivity index (χ3v) is 2.25. The number of amides is 1. The second kappa shape index (κ2) is 4.61. The van der Waals surface area contributed by atoms with Crippen molar-refractivity contribution in [2.45, 2.75) is 6.92 Å². The first-order chi connectivity index (χ1) is 8.16. The summed E-state index contributed by atoms with van der Waals surface area (Å²) in [5.41, 5.74) is 1.44. The molecular weight excluding hydrogens is 218 g/mol. The van der Waals surface area contributed by atoms with Crippen LogP contribution in [0.2, 0.25) is 0 Å². The molecule has 2 rings (SSSR count). The third-order valence-electron chi connectivity index (χ3n) is 2.25. The fraction of sp³-hybridized carbons (Fsp3) is 0.0833. The van der Waals surface area contributed by atoms with Gasteiger partial charge in [-0.2, -0.15) is 0 Å². The number of ketones is 1. The number of nitrogens with zero attached hydrogens (tertiary/aromatic N) is 1. The fourth-order valence-corrected chi connectivity index (χ4v) is 1.36. The molecule has 86 valence electrons. The summed E-state index contributed by atoms with van der Waals surface area (Å²) in [6.07, 6.45) is 4.69. The van der Waals surface area contributed by atoms with E-state index in [0.717, 1.165) is 0 Å². The number of hydrogen-bond donors (Lipinski definition) is 2. The number of aromatic amines is 1. The summed E-state index contributed by atoms with van der Waals surface area (Å²) in [5, 5.41) is 2.67. The predicted molar refractivity (Wildman–Crippen MR) is 63.0 cm³/mol. The molecule has 5 heteroatoms. The van der Waals surface area contributed by atoms with Crippen LogP contribution in [0.4, 0.5) is 5.69 Å². The minimum absolute atomic E-state index is 0.0818. The van der Waals surface area contributed by atoms with Crippen molar-refractivity contribution >= 4 is 17.4 Å². The highest BCUT2D eigenvalue weighted by molar-refractivity contribution is 6.05.